The zero-order valence-electron chi connectivity index (χ0n) is 5.45. The lowest BCUT2D eigenvalue weighted by Crippen LogP contribution is -2.02. The monoisotopic (exact) mass is 283 g/mol. The minimum absolute atomic E-state index is 0.939. The van der Waals surface area contributed by atoms with Crippen LogP contribution in [0.5, 0.6) is 0 Å². The van der Waals surface area contributed by atoms with Crippen LogP contribution in [0.1, 0.15) is 4.88 Å². The molecular formula is C6H7Br2NS. The summed E-state index contributed by atoms with van der Waals surface area (Å²) < 4.78 is 2.31. The first-order chi connectivity index (χ1) is 4.74. The van der Waals surface area contributed by atoms with E-state index in [0.29, 0.717) is 0 Å². The van der Waals surface area contributed by atoms with Crippen LogP contribution < -0.4 is 5.32 Å². The zero-order chi connectivity index (χ0) is 7.56. The Morgan fingerprint density at radius 1 is 1.60 bits per heavy atom. The van der Waals surface area contributed by atoms with Gasteiger partial charge in [-0.1, -0.05) is 0 Å². The molecule has 0 unspecified atom stereocenters. The molecule has 1 nitrogen and oxygen atoms in total. The Kier molecular flexibility index (Phi) is 3.36. The highest BCUT2D eigenvalue weighted by molar-refractivity contribution is 9.13. The summed E-state index contributed by atoms with van der Waals surface area (Å²) in [4.78, 5) is 1.33. The quantitative estimate of drug-likeness (QED) is 0.880. The van der Waals surface area contributed by atoms with Crippen LogP contribution in [-0.2, 0) is 6.54 Å². The van der Waals surface area contributed by atoms with Crippen molar-refractivity contribution in [3.05, 3.63) is 19.2 Å². The molecule has 0 atom stereocenters. The van der Waals surface area contributed by atoms with E-state index in [2.05, 4.69) is 43.2 Å². The van der Waals surface area contributed by atoms with Gasteiger partial charge in [0.1, 0.15) is 0 Å². The third-order valence-electron chi connectivity index (χ3n) is 1.05. The summed E-state index contributed by atoms with van der Waals surface area (Å²) in [6, 6.07) is 2.12. The van der Waals surface area contributed by atoms with Crippen molar-refractivity contribution in [3.63, 3.8) is 0 Å². The van der Waals surface area contributed by atoms with E-state index >= 15 is 0 Å². The zero-order valence-corrected chi connectivity index (χ0v) is 9.44. The Morgan fingerprint density at radius 2 is 2.30 bits per heavy atom. The number of halogens is 2. The molecule has 1 rings (SSSR count). The topological polar surface area (TPSA) is 12.0 Å². The van der Waals surface area contributed by atoms with E-state index in [1.807, 2.05) is 7.05 Å². The lowest BCUT2D eigenvalue weighted by molar-refractivity contribution is 0.831. The molecule has 4 heteroatoms. The molecular weight excluding hydrogens is 278 g/mol. The predicted molar refractivity (Wildman–Crippen MR) is 52.5 cm³/mol. The van der Waals surface area contributed by atoms with Gasteiger partial charge in [-0.2, -0.15) is 0 Å². The average molecular weight is 285 g/mol. The third-order valence-corrected chi connectivity index (χ3v) is 4.30. The molecule has 0 saturated carbocycles. The predicted octanol–water partition coefficient (Wildman–Crippen LogP) is 2.99. The van der Waals surface area contributed by atoms with Crippen molar-refractivity contribution in [2.75, 3.05) is 7.05 Å². The van der Waals surface area contributed by atoms with Crippen LogP contribution in [0.15, 0.2) is 14.3 Å². The summed E-state index contributed by atoms with van der Waals surface area (Å²) in [7, 11) is 1.95. The van der Waals surface area contributed by atoms with Crippen LogP contribution in [0, 0.1) is 0 Å². The van der Waals surface area contributed by atoms with E-state index in [0.717, 1.165) is 14.8 Å². The molecule has 0 bridgehead atoms. The standard InChI is InChI=1S/C6H7Br2NS/c1-9-3-4-2-5(7)6(8)10-4/h2,9H,3H2,1H3. The van der Waals surface area contributed by atoms with E-state index in [4.69, 9.17) is 0 Å². The van der Waals surface area contributed by atoms with Crippen molar-refractivity contribution in [1.82, 2.24) is 5.32 Å². The summed E-state index contributed by atoms with van der Waals surface area (Å²) in [5, 5.41) is 3.09. The fourth-order valence-electron chi connectivity index (χ4n) is 0.653. The van der Waals surface area contributed by atoms with Gasteiger partial charge in [0, 0.05) is 15.9 Å². The van der Waals surface area contributed by atoms with Crippen LogP contribution in [0.3, 0.4) is 0 Å². The van der Waals surface area contributed by atoms with Crippen LogP contribution in [-0.4, -0.2) is 7.05 Å². The second-order valence-electron chi connectivity index (χ2n) is 1.86. The van der Waals surface area contributed by atoms with Gasteiger partial charge in [-0.25, -0.2) is 0 Å². The highest BCUT2D eigenvalue weighted by atomic mass is 79.9. The number of thiophene rings is 1. The van der Waals surface area contributed by atoms with Crippen molar-refractivity contribution in [1.29, 1.82) is 0 Å². The van der Waals surface area contributed by atoms with E-state index in [9.17, 15) is 0 Å². The van der Waals surface area contributed by atoms with Crippen molar-refractivity contribution >= 4 is 43.2 Å². The molecule has 0 aromatic carbocycles. The highest BCUT2D eigenvalue weighted by Gasteiger charge is 2.01. The molecule has 0 aliphatic rings. The molecule has 1 heterocycles. The fourth-order valence-corrected chi connectivity index (χ4v) is 2.84. The number of hydrogen-bond acceptors (Lipinski definition) is 2. The molecule has 10 heavy (non-hydrogen) atoms. The second kappa shape index (κ2) is 3.85. The van der Waals surface area contributed by atoms with Crippen molar-refractivity contribution in [2.45, 2.75) is 6.54 Å². The summed E-state index contributed by atoms with van der Waals surface area (Å²) in [6.45, 7) is 0.939. The fraction of sp³-hybridized carbons (Fsp3) is 0.333. The van der Waals surface area contributed by atoms with Crippen molar-refractivity contribution < 1.29 is 0 Å². The Labute approximate surface area is 81.1 Å². The average Bonchev–Trinajstić information content (AvgIpc) is 2.14. The molecule has 0 fully saturated rings. The van der Waals surface area contributed by atoms with Gasteiger partial charge in [0.15, 0.2) is 0 Å². The maximum absolute atomic E-state index is 3.43. The maximum atomic E-state index is 3.43. The first-order valence-corrected chi connectivity index (χ1v) is 5.22. The number of rotatable bonds is 2. The second-order valence-corrected chi connectivity index (χ2v) is 5.17. The summed E-state index contributed by atoms with van der Waals surface area (Å²) in [6.07, 6.45) is 0. The lowest BCUT2D eigenvalue weighted by Gasteiger charge is -1.89. The van der Waals surface area contributed by atoms with Gasteiger partial charge in [0.2, 0.25) is 0 Å². The van der Waals surface area contributed by atoms with Crippen LogP contribution in [0.25, 0.3) is 0 Å². The van der Waals surface area contributed by atoms with Gasteiger partial charge in [-0.3, -0.25) is 0 Å². The van der Waals surface area contributed by atoms with E-state index in [1.54, 1.807) is 11.3 Å². The molecule has 0 spiro atoms. The third kappa shape index (κ3) is 2.05. The molecule has 0 aliphatic carbocycles. The van der Waals surface area contributed by atoms with Gasteiger partial charge in [0.25, 0.3) is 0 Å². The van der Waals surface area contributed by atoms with Gasteiger partial charge >= 0.3 is 0 Å². The Balaban J connectivity index is 2.77. The van der Waals surface area contributed by atoms with Crippen LogP contribution in [0.4, 0.5) is 0 Å². The minimum atomic E-state index is 0.939. The Hall–Kier alpha value is 0.620. The summed E-state index contributed by atoms with van der Waals surface area (Å²) >= 11 is 8.60. The lowest BCUT2D eigenvalue weighted by atomic mass is 10.5. The molecule has 1 aromatic heterocycles. The molecule has 1 N–H and O–H groups in total. The van der Waals surface area contributed by atoms with Crippen molar-refractivity contribution in [3.8, 4) is 0 Å². The maximum Gasteiger partial charge on any atom is 0.0843 e. The number of hydrogen-bond donors (Lipinski definition) is 1. The highest BCUT2D eigenvalue weighted by Crippen LogP contribution is 2.32. The molecule has 0 radical (unpaired) electrons. The van der Waals surface area contributed by atoms with Crippen LogP contribution >= 0.6 is 43.2 Å². The number of nitrogens with one attached hydrogen (secondary N) is 1. The van der Waals surface area contributed by atoms with Gasteiger partial charge in [0.05, 0.1) is 3.79 Å². The molecule has 0 aliphatic heterocycles. The normalized spacial score (nSPS) is 10.3. The van der Waals surface area contributed by atoms with Gasteiger partial charge < -0.3 is 5.32 Å². The molecule has 1 aromatic rings. The molecule has 0 saturated heterocycles. The molecule has 56 valence electrons. The van der Waals surface area contributed by atoms with E-state index in [-0.39, 0.29) is 0 Å². The minimum Gasteiger partial charge on any atom is -0.315 e. The summed E-state index contributed by atoms with van der Waals surface area (Å²) in [5.41, 5.74) is 0. The van der Waals surface area contributed by atoms with Gasteiger partial charge in [-0.05, 0) is 45.0 Å². The Bertz CT molecular complexity index is 202. The summed E-state index contributed by atoms with van der Waals surface area (Å²) in [5.74, 6) is 0. The van der Waals surface area contributed by atoms with E-state index < -0.39 is 0 Å². The smallest absolute Gasteiger partial charge is 0.0843 e. The van der Waals surface area contributed by atoms with Crippen molar-refractivity contribution in [2.24, 2.45) is 0 Å². The largest absolute Gasteiger partial charge is 0.315 e. The Morgan fingerprint density at radius 3 is 2.70 bits per heavy atom. The first-order valence-electron chi connectivity index (χ1n) is 2.82. The first kappa shape index (κ1) is 8.71. The van der Waals surface area contributed by atoms with Crippen LogP contribution in [0.2, 0.25) is 0 Å². The van der Waals surface area contributed by atoms with E-state index in [1.165, 1.54) is 4.88 Å². The SMILES string of the molecule is CNCc1cc(Br)c(Br)s1. The molecule has 0 amide bonds. The van der Waals surface area contributed by atoms with Gasteiger partial charge in [-0.15, -0.1) is 11.3 Å².